The van der Waals surface area contributed by atoms with Crippen LogP contribution in [0.3, 0.4) is 0 Å². The van der Waals surface area contributed by atoms with E-state index < -0.39 is 16.0 Å². The maximum atomic E-state index is 12.1. The van der Waals surface area contributed by atoms with E-state index in [0.29, 0.717) is 4.88 Å². The lowest BCUT2D eigenvalue weighted by atomic mass is 10.2. The molecule has 2 rings (SSSR count). The summed E-state index contributed by atoms with van der Waals surface area (Å²) >= 11 is 2.77. The van der Waals surface area contributed by atoms with Crippen molar-refractivity contribution in [3.8, 4) is 0 Å². The fourth-order valence-electron chi connectivity index (χ4n) is 1.86. The summed E-state index contributed by atoms with van der Waals surface area (Å²) in [6.07, 6.45) is 1.74. The van der Waals surface area contributed by atoms with Crippen LogP contribution in [0.15, 0.2) is 16.3 Å². The smallest absolute Gasteiger partial charge is 0.308 e. The van der Waals surface area contributed by atoms with Crippen LogP contribution < -0.4 is 4.72 Å². The van der Waals surface area contributed by atoms with Crippen molar-refractivity contribution in [1.29, 1.82) is 0 Å². The molecule has 0 aromatic carbocycles. The number of hydrogen-bond acceptors (Lipinski definition) is 5. The van der Waals surface area contributed by atoms with E-state index in [-0.39, 0.29) is 16.7 Å². The van der Waals surface area contributed by atoms with Crippen LogP contribution in [0.4, 0.5) is 0 Å². The van der Waals surface area contributed by atoms with Crippen molar-refractivity contribution in [3.05, 3.63) is 17.0 Å². The molecule has 1 saturated heterocycles. The van der Waals surface area contributed by atoms with Crippen LogP contribution in [0.2, 0.25) is 0 Å². The normalized spacial score (nSPS) is 20.3. The van der Waals surface area contributed by atoms with Crippen molar-refractivity contribution in [1.82, 2.24) is 4.72 Å². The zero-order chi connectivity index (χ0) is 13.9. The van der Waals surface area contributed by atoms with Gasteiger partial charge in [-0.2, -0.15) is 11.8 Å². The molecule has 1 aliphatic heterocycles. The second-order valence-electron chi connectivity index (χ2n) is 4.33. The Bertz CT molecular complexity index is 546. The van der Waals surface area contributed by atoms with Crippen LogP contribution >= 0.6 is 23.1 Å². The minimum Gasteiger partial charge on any atom is -0.481 e. The van der Waals surface area contributed by atoms with Crippen LogP contribution in [-0.4, -0.2) is 37.0 Å². The van der Waals surface area contributed by atoms with E-state index in [1.807, 2.05) is 0 Å². The third-order valence-corrected chi connectivity index (χ3v) is 7.02. The van der Waals surface area contributed by atoms with E-state index in [9.17, 15) is 13.2 Å². The highest BCUT2D eigenvalue weighted by atomic mass is 32.2. The minimum absolute atomic E-state index is 0.0197. The summed E-state index contributed by atoms with van der Waals surface area (Å²) < 4.78 is 27.2. The summed E-state index contributed by atoms with van der Waals surface area (Å²) in [5.74, 6) is 0.925. The van der Waals surface area contributed by atoms with Crippen molar-refractivity contribution in [2.75, 3.05) is 11.5 Å². The summed E-state index contributed by atoms with van der Waals surface area (Å²) in [6.45, 7) is 0. The average Bonchev–Trinajstić information content (AvgIpc) is 2.78. The first-order valence-electron chi connectivity index (χ1n) is 5.88. The molecule has 1 aliphatic rings. The second kappa shape index (κ2) is 6.25. The lowest BCUT2D eigenvalue weighted by molar-refractivity contribution is -0.136. The average molecular weight is 321 g/mol. The van der Waals surface area contributed by atoms with Gasteiger partial charge in [0, 0.05) is 16.7 Å². The van der Waals surface area contributed by atoms with Crippen LogP contribution in [0.25, 0.3) is 0 Å². The van der Waals surface area contributed by atoms with Gasteiger partial charge in [0.25, 0.3) is 0 Å². The molecule has 2 heterocycles. The molecule has 0 radical (unpaired) electrons. The molecule has 1 aromatic rings. The lowest BCUT2D eigenvalue weighted by Crippen LogP contribution is -2.37. The zero-order valence-electron chi connectivity index (χ0n) is 10.2. The Morgan fingerprint density at radius 2 is 2.26 bits per heavy atom. The Morgan fingerprint density at radius 1 is 1.47 bits per heavy atom. The third-order valence-electron chi connectivity index (χ3n) is 2.71. The fraction of sp³-hybridized carbons (Fsp3) is 0.545. The molecule has 1 unspecified atom stereocenters. The number of rotatable bonds is 5. The fourth-order valence-corrected chi connectivity index (χ4v) is 5.67. The highest BCUT2D eigenvalue weighted by Gasteiger charge is 2.23. The molecule has 1 aromatic heterocycles. The summed E-state index contributed by atoms with van der Waals surface area (Å²) in [5, 5.41) is 8.68. The predicted molar refractivity (Wildman–Crippen MR) is 76.3 cm³/mol. The van der Waals surface area contributed by atoms with Crippen molar-refractivity contribution in [2.45, 2.75) is 29.5 Å². The topological polar surface area (TPSA) is 83.5 Å². The number of aliphatic carboxylic acids is 1. The molecule has 0 amide bonds. The molecule has 1 fully saturated rings. The first kappa shape index (κ1) is 14.8. The minimum atomic E-state index is -3.51. The molecule has 19 heavy (non-hydrogen) atoms. The quantitative estimate of drug-likeness (QED) is 0.859. The molecule has 0 saturated carbocycles. The van der Waals surface area contributed by atoms with Gasteiger partial charge < -0.3 is 5.11 Å². The number of nitrogens with one attached hydrogen (secondary N) is 1. The van der Waals surface area contributed by atoms with Gasteiger partial charge in [0.1, 0.15) is 4.21 Å². The van der Waals surface area contributed by atoms with Crippen molar-refractivity contribution in [2.24, 2.45) is 0 Å². The highest BCUT2D eigenvalue weighted by Crippen LogP contribution is 2.24. The van der Waals surface area contributed by atoms with Crippen molar-refractivity contribution >= 4 is 39.1 Å². The molecule has 106 valence electrons. The molecule has 0 aliphatic carbocycles. The van der Waals surface area contributed by atoms with Crippen molar-refractivity contribution < 1.29 is 18.3 Å². The predicted octanol–water partition coefficient (Wildman–Crippen LogP) is 1.55. The van der Waals surface area contributed by atoms with Gasteiger partial charge in [0.15, 0.2) is 0 Å². The molecule has 2 N–H and O–H groups in total. The second-order valence-corrected chi connectivity index (χ2v) is 8.59. The van der Waals surface area contributed by atoms with Gasteiger partial charge >= 0.3 is 5.97 Å². The van der Waals surface area contributed by atoms with Crippen LogP contribution in [0.5, 0.6) is 0 Å². The van der Waals surface area contributed by atoms with Crippen LogP contribution in [-0.2, 0) is 21.2 Å². The van der Waals surface area contributed by atoms with Crippen LogP contribution in [0, 0.1) is 0 Å². The number of thiophene rings is 1. The molecular weight excluding hydrogens is 306 g/mol. The first-order valence-corrected chi connectivity index (χ1v) is 9.33. The number of thioether (sulfide) groups is 1. The zero-order valence-corrected chi connectivity index (χ0v) is 12.6. The van der Waals surface area contributed by atoms with E-state index >= 15 is 0 Å². The van der Waals surface area contributed by atoms with Crippen LogP contribution in [0.1, 0.15) is 17.7 Å². The van der Waals surface area contributed by atoms with Gasteiger partial charge in [-0.3, -0.25) is 4.79 Å². The van der Waals surface area contributed by atoms with Gasteiger partial charge in [-0.1, -0.05) is 0 Å². The summed E-state index contributed by atoms with van der Waals surface area (Å²) in [4.78, 5) is 11.1. The number of carbonyl (C=O) groups is 1. The summed E-state index contributed by atoms with van der Waals surface area (Å²) in [7, 11) is -3.51. The SMILES string of the molecule is O=C(O)Cc1ccc(S(=O)(=O)NC2CCCSC2)s1. The van der Waals surface area contributed by atoms with E-state index in [1.165, 1.54) is 6.07 Å². The Balaban J connectivity index is 2.06. The Morgan fingerprint density at radius 3 is 2.89 bits per heavy atom. The molecule has 0 bridgehead atoms. The molecule has 1 atom stereocenters. The van der Waals surface area contributed by atoms with Gasteiger partial charge in [0.05, 0.1) is 6.42 Å². The van der Waals surface area contributed by atoms with Gasteiger partial charge in [0.2, 0.25) is 10.0 Å². The summed E-state index contributed by atoms with van der Waals surface area (Å²) in [6, 6.07) is 3.01. The molecular formula is C11H15NO4S3. The van der Waals surface area contributed by atoms with E-state index in [4.69, 9.17) is 5.11 Å². The largest absolute Gasteiger partial charge is 0.481 e. The lowest BCUT2D eigenvalue weighted by Gasteiger charge is -2.21. The number of hydrogen-bond donors (Lipinski definition) is 2. The summed E-state index contributed by atoms with van der Waals surface area (Å²) in [5.41, 5.74) is 0. The molecule has 0 spiro atoms. The maximum Gasteiger partial charge on any atom is 0.308 e. The first-order chi connectivity index (χ1) is 8.97. The maximum absolute atomic E-state index is 12.1. The number of sulfonamides is 1. The number of carboxylic acid groups (broad SMARTS) is 1. The highest BCUT2D eigenvalue weighted by molar-refractivity contribution is 7.99. The van der Waals surface area contributed by atoms with E-state index in [1.54, 1.807) is 17.8 Å². The van der Waals surface area contributed by atoms with Gasteiger partial charge in [-0.15, -0.1) is 11.3 Å². The van der Waals surface area contributed by atoms with Gasteiger partial charge in [-0.25, -0.2) is 13.1 Å². The van der Waals surface area contributed by atoms with Crippen molar-refractivity contribution in [3.63, 3.8) is 0 Å². The number of carboxylic acids is 1. The van der Waals surface area contributed by atoms with Gasteiger partial charge in [-0.05, 0) is 30.7 Å². The van der Waals surface area contributed by atoms with E-state index in [2.05, 4.69) is 4.72 Å². The Labute approximate surface area is 120 Å². The third kappa shape index (κ3) is 4.20. The standard InChI is InChI=1S/C11H15NO4S3/c13-10(14)6-9-3-4-11(18-9)19(15,16)12-8-2-1-5-17-7-8/h3-4,8,12H,1-2,5-7H2,(H,13,14). The monoisotopic (exact) mass is 321 g/mol. The Hall–Kier alpha value is -0.570. The Kier molecular flexibility index (Phi) is 4.88. The molecule has 8 heteroatoms. The molecule has 5 nitrogen and oxygen atoms in total. The van der Waals surface area contributed by atoms with E-state index in [0.717, 1.165) is 35.7 Å².